The number of unbranched alkanes of at least 4 members (excludes halogenated alkanes) is 1. The zero-order valence-electron chi connectivity index (χ0n) is 8.34. The summed E-state index contributed by atoms with van der Waals surface area (Å²) >= 11 is 0. The molecule has 1 heterocycles. The summed E-state index contributed by atoms with van der Waals surface area (Å²) in [7, 11) is -0.425. The summed E-state index contributed by atoms with van der Waals surface area (Å²) in [5.74, 6) is 0. The summed E-state index contributed by atoms with van der Waals surface area (Å²) in [6.07, 6.45) is 5.97. The van der Waals surface area contributed by atoms with Crippen LogP contribution in [-0.4, -0.2) is 35.2 Å². The lowest BCUT2D eigenvalue weighted by molar-refractivity contribution is 0.0549. The smallest absolute Gasteiger partial charge is 0.190 e. The molecule has 78 valence electrons. The van der Waals surface area contributed by atoms with E-state index in [0.29, 0.717) is 5.73 Å². The van der Waals surface area contributed by atoms with Crippen LogP contribution in [0.5, 0.6) is 0 Å². The third kappa shape index (κ3) is 5.41. The summed E-state index contributed by atoms with van der Waals surface area (Å²) < 4.78 is 11.2. The van der Waals surface area contributed by atoms with E-state index in [9.17, 15) is 0 Å². The Morgan fingerprint density at radius 3 is 3.00 bits per heavy atom. The summed E-state index contributed by atoms with van der Waals surface area (Å²) in [5.41, 5.74) is 5.88. The maximum Gasteiger partial charge on any atom is 0.190 e. The van der Waals surface area contributed by atoms with Gasteiger partial charge in [0.15, 0.2) is 9.76 Å². The fourth-order valence-electron chi connectivity index (χ4n) is 1.50. The molecule has 13 heavy (non-hydrogen) atoms. The SMILES string of the molecule is NCCCCO[SiH2]C1CCCCO1. The maximum atomic E-state index is 5.63. The van der Waals surface area contributed by atoms with E-state index in [-0.39, 0.29) is 0 Å². The molecule has 2 N–H and O–H groups in total. The Labute approximate surface area is 82.9 Å². The molecule has 0 aromatic carbocycles. The van der Waals surface area contributed by atoms with Gasteiger partial charge in [-0.25, -0.2) is 0 Å². The van der Waals surface area contributed by atoms with Crippen molar-refractivity contribution in [1.29, 1.82) is 0 Å². The second-order valence-corrected chi connectivity index (χ2v) is 5.21. The largest absolute Gasteiger partial charge is 0.421 e. The highest BCUT2D eigenvalue weighted by atomic mass is 28.2. The minimum atomic E-state index is -0.425. The molecule has 0 aromatic heterocycles. The first-order valence-electron chi connectivity index (χ1n) is 5.33. The van der Waals surface area contributed by atoms with E-state index in [1.807, 2.05) is 0 Å². The lowest BCUT2D eigenvalue weighted by atomic mass is 10.2. The van der Waals surface area contributed by atoms with Crippen molar-refractivity contribution in [2.45, 2.75) is 37.8 Å². The summed E-state index contributed by atoms with van der Waals surface area (Å²) in [5, 5.41) is 0. The molecule has 1 saturated heterocycles. The van der Waals surface area contributed by atoms with E-state index < -0.39 is 9.76 Å². The van der Waals surface area contributed by atoms with Gasteiger partial charge in [-0.15, -0.1) is 0 Å². The maximum absolute atomic E-state index is 5.63. The highest BCUT2D eigenvalue weighted by Crippen LogP contribution is 2.11. The van der Waals surface area contributed by atoms with E-state index in [4.69, 9.17) is 14.9 Å². The Balaban J connectivity index is 1.86. The van der Waals surface area contributed by atoms with Gasteiger partial charge in [0.25, 0.3) is 0 Å². The molecule has 1 aliphatic heterocycles. The van der Waals surface area contributed by atoms with Crippen LogP contribution in [0.3, 0.4) is 0 Å². The van der Waals surface area contributed by atoms with Crippen LogP contribution in [0.1, 0.15) is 32.1 Å². The fourth-order valence-corrected chi connectivity index (χ4v) is 2.85. The minimum Gasteiger partial charge on any atom is -0.421 e. The van der Waals surface area contributed by atoms with Gasteiger partial charge in [-0.2, -0.15) is 0 Å². The Kier molecular flexibility index (Phi) is 6.44. The molecule has 0 aromatic rings. The number of nitrogens with two attached hydrogens (primary N) is 1. The topological polar surface area (TPSA) is 44.5 Å². The second-order valence-electron chi connectivity index (χ2n) is 3.56. The van der Waals surface area contributed by atoms with Gasteiger partial charge in [0.05, 0.1) is 5.73 Å². The molecule has 1 atom stereocenters. The zero-order valence-corrected chi connectivity index (χ0v) is 9.75. The monoisotopic (exact) mass is 203 g/mol. The van der Waals surface area contributed by atoms with Gasteiger partial charge in [0.1, 0.15) is 0 Å². The van der Waals surface area contributed by atoms with Crippen molar-refractivity contribution in [3.63, 3.8) is 0 Å². The lowest BCUT2D eigenvalue weighted by Crippen LogP contribution is -2.27. The first-order chi connectivity index (χ1) is 6.43. The van der Waals surface area contributed by atoms with Gasteiger partial charge in [-0.1, -0.05) is 0 Å². The standard InChI is InChI=1S/C9H21NO2Si/c10-6-2-4-8-12-13-9-5-1-3-7-11-9/h9H,1-8,10,13H2. The number of ether oxygens (including phenoxy) is 1. The summed E-state index contributed by atoms with van der Waals surface area (Å²) in [6.45, 7) is 2.62. The van der Waals surface area contributed by atoms with Crippen LogP contribution in [0.15, 0.2) is 0 Å². The minimum absolute atomic E-state index is 0.425. The number of rotatable bonds is 6. The third-order valence-corrected chi connectivity index (χ3v) is 3.86. The van der Waals surface area contributed by atoms with E-state index in [0.717, 1.165) is 32.6 Å². The first-order valence-corrected chi connectivity index (χ1v) is 6.72. The predicted molar refractivity (Wildman–Crippen MR) is 56.4 cm³/mol. The van der Waals surface area contributed by atoms with E-state index >= 15 is 0 Å². The Morgan fingerprint density at radius 2 is 2.31 bits per heavy atom. The molecule has 0 saturated carbocycles. The molecule has 0 aliphatic carbocycles. The van der Waals surface area contributed by atoms with Crippen molar-refractivity contribution >= 4 is 9.76 Å². The van der Waals surface area contributed by atoms with Gasteiger partial charge in [-0.05, 0) is 38.6 Å². The third-order valence-electron chi connectivity index (χ3n) is 2.32. The Morgan fingerprint density at radius 1 is 1.38 bits per heavy atom. The van der Waals surface area contributed by atoms with Crippen molar-refractivity contribution < 1.29 is 9.16 Å². The molecule has 4 heteroatoms. The van der Waals surface area contributed by atoms with Crippen molar-refractivity contribution in [3.05, 3.63) is 0 Å². The predicted octanol–water partition coefficient (Wildman–Crippen LogP) is 0.352. The molecule has 1 fully saturated rings. The van der Waals surface area contributed by atoms with E-state index in [2.05, 4.69) is 0 Å². The van der Waals surface area contributed by atoms with Gasteiger partial charge in [0.2, 0.25) is 0 Å². The van der Waals surface area contributed by atoms with E-state index in [1.165, 1.54) is 19.3 Å². The first kappa shape index (κ1) is 11.2. The lowest BCUT2D eigenvalue weighted by Gasteiger charge is -2.21. The van der Waals surface area contributed by atoms with E-state index in [1.54, 1.807) is 0 Å². The molecule has 1 aliphatic rings. The quantitative estimate of drug-likeness (QED) is 0.500. The summed E-state index contributed by atoms with van der Waals surface area (Å²) in [6, 6.07) is 0. The molecule has 0 spiro atoms. The average Bonchev–Trinajstić information content (AvgIpc) is 2.19. The molecule has 1 rings (SSSR count). The highest BCUT2D eigenvalue weighted by molar-refractivity contribution is 6.29. The second kappa shape index (κ2) is 7.50. The van der Waals surface area contributed by atoms with Gasteiger partial charge >= 0.3 is 0 Å². The molecular weight excluding hydrogens is 182 g/mol. The molecular formula is C9H21NO2Si. The zero-order chi connectivity index (χ0) is 9.36. The number of hydrogen-bond acceptors (Lipinski definition) is 3. The van der Waals surface area contributed by atoms with Gasteiger partial charge in [0, 0.05) is 13.2 Å². The van der Waals surface area contributed by atoms with Crippen molar-refractivity contribution in [3.8, 4) is 0 Å². The summed E-state index contributed by atoms with van der Waals surface area (Å²) in [4.78, 5) is 0. The normalized spacial score (nSPS) is 24.2. The van der Waals surface area contributed by atoms with Crippen LogP contribution in [0.4, 0.5) is 0 Å². The van der Waals surface area contributed by atoms with Crippen LogP contribution in [0.2, 0.25) is 0 Å². The van der Waals surface area contributed by atoms with Gasteiger partial charge < -0.3 is 14.9 Å². The molecule has 0 bridgehead atoms. The molecule has 1 unspecified atom stereocenters. The van der Waals surface area contributed by atoms with Crippen LogP contribution in [0.25, 0.3) is 0 Å². The fraction of sp³-hybridized carbons (Fsp3) is 1.00. The van der Waals surface area contributed by atoms with Crippen LogP contribution in [0, 0.1) is 0 Å². The molecule has 3 nitrogen and oxygen atoms in total. The van der Waals surface area contributed by atoms with Crippen LogP contribution in [-0.2, 0) is 9.16 Å². The van der Waals surface area contributed by atoms with Crippen molar-refractivity contribution in [2.75, 3.05) is 19.8 Å². The highest BCUT2D eigenvalue weighted by Gasteiger charge is 2.14. The Bertz CT molecular complexity index is 118. The molecule has 0 amide bonds. The number of hydrogen-bond donors (Lipinski definition) is 1. The van der Waals surface area contributed by atoms with Crippen LogP contribution >= 0.6 is 0 Å². The van der Waals surface area contributed by atoms with Crippen molar-refractivity contribution in [2.24, 2.45) is 5.73 Å². The molecule has 0 radical (unpaired) electrons. The average molecular weight is 203 g/mol. The van der Waals surface area contributed by atoms with Crippen LogP contribution < -0.4 is 5.73 Å². The Hall–Kier alpha value is 0.0969. The van der Waals surface area contributed by atoms with Crippen molar-refractivity contribution in [1.82, 2.24) is 0 Å². The van der Waals surface area contributed by atoms with Gasteiger partial charge in [-0.3, -0.25) is 0 Å².